The molecule has 1 heterocycles. The van der Waals surface area contributed by atoms with Gasteiger partial charge in [-0.2, -0.15) is 0 Å². The molecule has 6 heteroatoms. The minimum absolute atomic E-state index is 0.140. The summed E-state index contributed by atoms with van der Waals surface area (Å²) in [6, 6.07) is 4.57. The van der Waals surface area contributed by atoms with Gasteiger partial charge < -0.3 is 5.11 Å². The largest absolute Gasteiger partial charge is 0.476 e. The van der Waals surface area contributed by atoms with E-state index in [1.807, 2.05) is 6.92 Å². The molecule has 0 bridgehead atoms. The van der Waals surface area contributed by atoms with Gasteiger partial charge in [0.15, 0.2) is 5.69 Å². The van der Waals surface area contributed by atoms with Crippen molar-refractivity contribution in [2.75, 3.05) is 0 Å². The predicted octanol–water partition coefficient (Wildman–Crippen LogP) is 1.98. The summed E-state index contributed by atoms with van der Waals surface area (Å²) in [5.74, 6) is -1.62. The van der Waals surface area contributed by atoms with Crippen LogP contribution in [0.25, 0.3) is 5.69 Å². The molecule has 1 aromatic carbocycles. The number of aryl methyl sites for hydroxylation is 1. The number of nitrogens with zero attached hydrogens (tertiary/aromatic N) is 3. The molecule has 0 fully saturated rings. The van der Waals surface area contributed by atoms with Crippen LogP contribution in [0.5, 0.6) is 0 Å². The van der Waals surface area contributed by atoms with Gasteiger partial charge in [0.1, 0.15) is 11.5 Å². The molecule has 1 N–H and O–H groups in total. The first-order valence-corrected chi connectivity index (χ1v) is 5.49. The molecule has 0 saturated carbocycles. The Morgan fingerprint density at radius 2 is 2.22 bits per heavy atom. The van der Waals surface area contributed by atoms with Crippen LogP contribution in [0.1, 0.15) is 28.7 Å². The van der Waals surface area contributed by atoms with Gasteiger partial charge in [-0.15, -0.1) is 5.10 Å². The second-order valence-corrected chi connectivity index (χ2v) is 3.91. The number of halogens is 1. The summed E-state index contributed by atoms with van der Waals surface area (Å²) in [5, 5.41) is 16.3. The second-order valence-electron chi connectivity index (χ2n) is 3.91. The molecular formula is C12H12FN3O2. The number of carbonyl (C=O) groups is 1. The lowest BCUT2D eigenvalue weighted by molar-refractivity contribution is 0.0689. The first kappa shape index (κ1) is 12.2. The lowest BCUT2D eigenvalue weighted by Gasteiger charge is -2.07. The molecule has 0 radical (unpaired) electrons. The second kappa shape index (κ2) is 4.56. The van der Waals surface area contributed by atoms with Crippen molar-refractivity contribution in [3.8, 4) is 5.69 Å². The normalized spacial score (nSPS) is 10.6. The average molecular weight is 249 g/mol. The molecule has 0 unspecified atom stereocenters. The van der Waals surface area contributed by atoms with E-state index in [4.69, 9.17) is 5.11 Å². The van der Waals surface area contributed by atoms with E-state index < -0.39 is 11.8 Å². The van der Waals surface area contributed by atoms with Gasteiger partial charge in [-0.3, -0.25) is 0 Å². The molecule has 0 aliphatic rings. The highest BCUT2D eigenvalue weighted by Crippen LogP contribution is 2.18. The number of carboxylic acid groups (broad SMARTS) is 1. The van der Waals surface area contributed by atoms with E-state index in [0.717, 1.165) is 5.56 Å². The van der Waals surface area contributed by atoms with Gasteiger partial charge in [0.2, 0.25) is 0 Å². The van der Waals surface area contributed by atoms with Crippen LogP contribution in [0, 0.1) is 12.7 Å². The molecule has 0 aliphatic carbocycles. The summed E-state index contributed by atoms with van der Waals surface area (Å²) < 4.78 is 15.0. The van der Waals surface area contributed by atoms with E-state index in [1.54, 1.807) is 19.1 Å². The number of aromatic carboxylic acids is 1. The van der Waals surface area contributed by atoms with Gasteiger partial charge in [0.25, 0.3) is 0 Å². The molecule has 0 aliphatic heterocycles. The Morgan fingerprint density at radius 1 is 1.50 bits per heavy atom. The number of carboxylic acids is 1. The first-order chi connectivity index (χ1) is 8.54. The smallest absolute Gasteiger partial charge is 0.358 e. The fourth-order valence-electron chi connectivity index (χ4n) is 1.76. The van der Waals surface area contributed by atoms with Crippen molar-refractivity contribution in [3.05, 3.63) is 41.0 Å². The van der Waals surface area contributed by atoms with Crippen LogP contribution >= 0.6 is 0 Å². The molecule has 94 valence electrons. The summed E-state index contributed by atoms with van der Waals surface area (Å²) in [4.78, 5) is 11.0. The number of rotatable bonds is 3. The Hall–Kier alpha value is -2.24. The van der Waals surface area contributed by atoms with Crippen LogP contribution in [-0.2, 0) is 6.42 Å². The fourth-order valence-corrected chi connectivity index (χ4v) is 1.76. The Morgan fingerprint density at radius 3 is 2.83 bits per heavy atom. The third kappa shape index (κ3) is 1.97. The highest BCUT2D eigenvalue weighted by molar-refractivity contribution is 5.86. The van der Waals surface area contributed by atoms with Crippen LogP contribution in [0.2, 0.25) is 0 Å². The van der Waals surface area contributed by atoms with Crippen molar-refractivity contribution < 1.29 is 14.3 Å². The maximum Gasteiger partial charge on any atom is 0.358 e. The first-order valence-electron chi connectivity index (χ1n) is 5.49. The van der Waals surface area contributed by atoms with Gasteiger partial charge in [0.05, 0.1) is 5.69 Å². The number of benzene rings is 1. The van der Waals surface area contributed by atoms with Crippen LogP contribution in [0.3, 0.4) is 0 Å². The fraction of sp³-hybridized carbons (Fsp3) is 0.250. The average Bonchev–Trinajstić information content (AvgIpc) is 2.75. The van der Waals surface area contributed by atoms with Crippen LogP contribution in [-0.4, -0.2) is 26.1 Å². The molecule has 2 aromatic rings. The molecule has 0 spiro atoms. The zero-order valence-corrected chi connectivity index (χ0v) is 10.0. The minimum Gasteiger partial charge on any atom is -0.476 e. The lowest BCUT2D eigenvalue weighted by atomic mass is 10.2. The van der Waals surface area contributed by atoms with Crippen LogP contribution in [0.4, 0.5) is 4.39 Å². The van der Waals surface area contributed by atoms with E-state index in [1.165, 1.54) is 10.7 Å². The number of aromatic nitrogens is 3. The lowest BCUT2D eigenvalue weighted by Crippen LogP contribution is -2.07. The molecular weight excluding hydrogens is 237 g/mol. The molecule has 0 amide bonds. The van der Waals surface area contributed by atoms with Gasteiger partial charge in [-0.1, -0.05) is 18.2 Å². The van der Waals surface area contributed by atoms with Crippen molar-refractivity contribution in [3.63, 3.8) is 0 Å². The quantitative estimate of drug-likeness (QED) is 0.903. The van der Waals surface area contributed by atoms with Gasteiger partial charge in [-0.25, -0.2) is 13.9 Å². The van der Waals surface area contributed by atoms with Crippen molar-refractivity contribution >= 4 is 5.97 Å². The monoisotopic (exact) mass is 249 g/mol. The highest BCUT2D eigenvalue weighted by atomic mass is 19.1. The Balaban J connectivity index is 2.64. The Kier molecular flexibility index (Phi) is 3.10. The topological polar surface area (TPSA) is 68.0 Å². The van der Waals surface area contributed by atoms with E-state index in [0.29, 0.717) is 12.1 Å². The highest BCUT2D eigenvalue weighted by Gasteiger charge is 2.19. The third-order valence-electron chi connectivity index (χ3n) is 2.63. The summed E-state index contributed by atoms with van der Waals surface area (Å²) in [6.07, 6.45) is 0.405. The van der Waals surface area contributed by atoms with Crippen LogP contribution < -0.4 is 0 Å². The van der Waals surface area contributed by atoms with E-state index in [9.17, 15) is 9.18 Å². The summed E-state index contributed by atoms with van der Waals surface area (Å²) >= 11 is 0. The summed E-state index contributed by atoms with van der Waals surface area (Å²) in [5.41, 5.74) is 1.32. The van der Waals surface area contributed by atoms with Gasteiger partial charge in [-0.05, 0) is 31.0 Å². The van der Waals surface area contributed by atoms with E-state index in [-0.39, 0.29) is 11.4 Å². The maximum atomic E-state index is 13.7. The minimum atomic E-state index is -1.16. The molecule has 0 atom stereocenters. The van der Waals surface area contributed by atoms with Crippen molar-refractivity contribution in [1.82, 2.24) is 15.0 Å². The molecule has 1 aromatic heterocycles. The number of hydrogen-bond donors (Lipinski definition) is 1. The zero-order valence-electron chi connectivity index (χ0n) is 10.0. The number of hydrogen-bond acceptors (Lipinski definition) is 3. The molecule has 0 saturated heterocycles. The molecule has 2 rings (SSSR count). The van der Waals surface area contributed by atoms with E-state index >= 15 is 0 Å². The van der Waals surface area contributed by atoms with Crippen molar-refractivity contribution in [1.29, 1.82) is 0 Å². The molecule has 5 nitrogen and oxygen atoms in total. The van der Waals surface area contributed by atoms with Crippen LogP contribution in [0.15, 0.2) is 18.2 Å². The van der Waals surface area contributed by atoms with Crippen molar-refractivity contribution in [2.45, 2.75) is 20.3 Å². The predicted molar refractivity (Wildman–Crippen MR) is 62.4 cm³/mol. The standard InChI is InChI=1S/C12H12FN3O2/c1-3-9-11(12(17)18)14-15-16(9)10-6-7(2)4-5-8(10)13/h4-6H,3H2,1-2H3,(H,17,18). The maximum absolute atomic E-state index is 13.7. The molecule has 18 heavy (non-hydrogen) atoms. The third-order valence-corrected chi connectivity index (χ3v) is 2.63. The Labute approximate surface area is 103 Å². The van der Waals surface area contributed by atoms with Gasteiger partial charge >= 0.3 is 5.97 Å². The van der Waals surface area contributed by atoms with E-state index in [2.05, 4.69) is 10.3 Å². The SMILES string of the molecule is CCc1c(C(=O)O)nnn1-c1cc(C)ccc1F. The summed E-state index contributed by atoms with van der Waals surface area (Å²) in [6.45, 7) is 3.60. The zero-order chi connectivity index (χ0) is 13.3. The van der Waals surface area contributed by atoms with Crippen molar-refractivity contribution in [2.24, 2.45) is 0 Å². The van der Waals surface area contributed by atoms with Gasteiger partial charge in [0, 0.05) is 0 Å². The summed E-state index contributed by atoms with van der Waals surface area (Å²) in [7, 11) is 0. The Bertz CT molecular complexity index is 607.